The van der Waals surface area contributed by atoms with E-state index < -0.39 is 0 Å². The topological polar surface area (TPSA) is 116 Å². The van der Waals surface area contributed by atoms with Crippen molar-refractivity contribution in [2.24, 2.45) is 24.0 Å². The first-order valence-corrected chi connectivity index (χ1v) is 12.2. The number of nitrogens with zero attached hydrogens (tertiary/aromatic N) is 6. The molecule has 0 saturated carbocycles. The van der Waals surface area contributed by atoms with E-state index in [2.05, 4.69) is 37.9 Å². The SMILES string of the molecule is CCC(OC(C)C)C(C)C(C)C(=O)Nc1cccc(CO/N=C(/c2ccccc2)c2nnnn2C)n1. The van der Waals surface area contributed by atoms with Gasteiger partial charge in [-0.05, 0) is 48.7 Å². The van der Waals surface area contributed by atoms with Crippen molar-refractivity contribution in [3.63, 3.8) is 0 Å². The Balaban J connectivity index is 1.67. The second kappa shape index (κ2) is 12.9. The van der Waals surface area contributed by atoms with Gasteiger partial charge in [0.25, 0.3) is 0 Å². The van der Waals surface area contributed by atoms with Crippen LogP contribution in [0.1, 0.15) is 58.1 Å². The molecule has 1 aromatic carbocycles. The van der Waals surface area contributed by atoms with Gasteiger partial charge >= 0.3 is 0 Å². The molecule has 0 aliphatic carbocycles. The zero-order valence-corrected chi connectivity index (χ0v) is 21.8. The highest BCUT2D eigenvalue weighted by Crippen LogP contribution is 2.23. The van der Waals surface area contributed by atoms with Crippen molar-refractivity contribution in [2.45, 2.75) is 59.9 Å². The van der Waals surface area contributed by atoms with Crippen molar-refractivity contribution in [1.29, 1.82) is 0 Å². The van der Waals surface area contributed by atoms with Crippen molar-refractivity contribution in [1.82, 2.24) is 25.2 Å². The first-order valence-electron chi connectivity index (χ1n) is 12.2. The average Bonchev–Trinajstić information content (AvgIpc) is 3.30. The Kier molecular flexibility index (Phi) is 9.63. The molecule has 0 spiro atoms. The summed E-state index contributed by atoms with van der Waals surface area (Å²) in [6.07, 6.45) is 0.970. The summed E-state index contributed by atoms with van der Waals surface area (Å²) in [5.74, 6) is 0.657. The van der Waals surface area contributed by atoms with Crippen LogP contribution >= 0.6 is 0 Å². The quantitative estimate of drug-likeness (QED) is 0.299. The van der Waals surface area contributed by atoms with Gasteiger partial charge in [0.05, 0.1) is 17.9 Å². The van der Waals surface area contributed by atoms with Crippen LogP contribution in [-0.2, 0) is 28.0 Å². The van der Waals surface area contributed by atoms with Crippen molar-refractivity contribution in [2.75, 3.05) is 5.32 Å². The number of pyridine rings is 1. The number of aromatic nitrogens is 5. The van der Waals surface area contributed by atoms with Crippen molar-refractivity contribution < 1.29 is 14.4 Å². The lowest BCUT2D eigenvalue weighted by Gasteiger charge is -2.29. The van der Waals surface area contributed by atoms with E-state index in [1.165, 1.54) is 4.68 Å². The lowest BCUT2D eigenvalue weighted by molar-refractivity contribution is -0.124. The van der Waals surface area contributed by atoms with Crippen LogP contribution in [0.15, 0.2) is 53.7 Å². The van der Waals surface area contributed by atoms with E-state index in [1.807, 2.05) is 70.2 Å². The molecule has 192 valence electrons. The fraction of sp³-hybridized carbons (Fsp3) is 0.462. The lowest BCUT2D eigenvalue weighted by Crippen LogP contribution is -2.35. The number of hydrogen-bond donors (Lipinski definition) is 1. The second-order valence-electron chi connectivity index (χ2n) is 8.99. The molecule has 0 radical (unpaired) electrons. The number of benzene rings is 1. The number of aryl methyl sites for hydroxylation is 1. The molecule has 3 rings (SSSR count). The second-order valence-corrected chi connectivity index (χ2v) is 8.99. The molecule has 0 fully saturated rings. The van der Waals surface area contributed by atoms with Gasteiger partial charge in [0.15, 0.2) is 12.3 Å². The van der Waals surface area contributed by atoms with Gasteiger partial charge in [-0.1, -0.05) is 62.3 Å². The maximum atomic E-state index is 12.9. The summed E-state index contributed by atoms with van der Waals surface area (Å²) in [6, 6.07) is 14.9. The van der Waals surface area contributed by atoms with Crippen LogP contribution in [0.4, 0.5) is 5.82 Å². The van der Waals surface area contributed by atoms with Crippen molar-refractivity contribution >= 4 is 17.4 Å². The summed E-state index contributed by atoms with van der Waals surface area (Å²) >= 11 is 0. The van der Waals surface area contributed by atoms with Crippen LogP contribution < -0.4 is 5.32 Å². The summed E-state index contributed by atoms with van der Waals surface area (Å²) in [5, 5.41) is 18.9. The molecule has 10 heteroatoms. The zero-order chi connectivity index (χ0) is 26.1. The fourth-order valence-corrected chi connectivity index (χ4v) is 3.78. The lowest BCUT2D eigenvalue weighted by atomic mass is 9.88. The van der Waals surface area contributed by atoms with E-state index in [0.29, 0.717) is 23.0 Å². The predicted octanol–water partition coefficient (Wildman–Crippen LogP) is 3.99. The molecule has 0 saturated heterocycles. The summed E-state index contributed by atoms with van der Waals surface area (Å²) in [6.45, 7) is 10.2. The van der Waals surface area contributed by atoms with Crippen molar-refractivity contribution in [3.8, 4) is 0 Å². The van der Waals surface area contributed by atoms with Gasteiger partial charge < -0.3 is 14.9 Å². The average molecular weight is 494 g/mol. The fourth-order valence-electron chi connectivity index (χ4n) is 3.78. The van der Waals surface area contributed by atoms with Crippen LogP contribution in [-0.4, -0.2) is 49.0 Å². The largest absolute Gasteiger partial charge is 0.389 e. The van der Waals surface area contributed by atoms with Gasteiger partial charge in [-0.15, -0.1) is 5.10 Å². The molecule has 1 amide bonds. The maximum absolute atomic E-state index is 12.9. The molecule has 0 aliphatic rings. The summed E-state index contributed by atoms with van der Waals surface area (Å²) in [5.41, 5.74) is 1.94. The van der Waals surface area contributed by atoms with Crippen LogP contribution in [0.3, 0.4) is 0 Å². The number of ether oxygens (including phenoxy) is 1. The number of rotatable bonds is 12. The minimum Gasteiger partial charge on any atom is -0.389 e. The van der Waals surface area contributed by atoms with E-state index >= 15 is 0 Å². The number of carbonyl (C=O) groups excluding carboxylic acids is 1. The Hall–Kier alpha value is -3.66. The molecular weight excluding hydrogens is 458 g/mol. The Morgan fingerprint density at radius 3 is 2.47 bits per heavy atom. The van der Waals surface area contributed by atoms with Gasteiger partial charge in [0, 0.05) is 18.5 Å². The van der Waals surface area contributed by atoms with Crippen molar-refractivity contribution in [3.05, 3.63) is 65.6 Å². The number of amides is 1. The first-order chi connectivity index (χ1) is 17.3. The summed E-state index contributed by atoms with van der Waals surface area (Å²) in [7, 11) is 1.74. The van der Waals surface area contributed by atoms with E-state index in [1.54, 1.807) is 13.1 Å². The molecule has 36 heavy (non-hydrogen) atoms. The van der Waals surface area contributed by atoms with Gasteiger partial charge in [0.1, 0.15) is 5.82 Å². The third-order valence-corrected chi connectivity index (χ3v) is 5.94. The van der Waals surface area contributed by atoms with Gasteiger partial charge in [-0.2, -0.15) is 0 Å². The number of carbonyl (C=O) groups is 1. The first kappa shape index (κ1) is 26.9. The van der Waals surface area contributed by atoms with E-state index in [4.69, 9.17) is 9.57 Å². The van der Waals surface area contributed by atoms with E-state index in [0.717, 1.165) is 12.0 Å². The molecule has 3 unspecified atom stereocenters. The third-order valence-electron chi connectivity index (χ3n) is 5.94. The highest BCUT2D eigenvalue weighted by Gasteiger charge is 2.28. The Bertz CT molecular complexity index is 1150. The number of hydrogen-bond acceptors (Lipinski definition) is 8. The number of anilines is 1. The normalized spacial score (nSPS) is 14.4. The molecular formula is C26H35N7O3. The molecule has 0 aliphatic heterocycles. The zero-order valence-electron chi connectivity index (χ0n) is 21.8. The number of tetrazole rings is 1. The van der Waals surface area contributed by atoms with Gasteiger partial charge in [-0.25, -0.2) is 9.67 Å². The Labute approximate surface area is 212 Å². The van der Waals surface area contributed by atoms with E-state index in [-0.39, 0.29) is 36.6 Å². The standard InChI is InChI=1S/C26H35N7O3/c1-7-22(36-17(2)3)18(4)19(5)26(34)28-23-15-11-14-21(27-23)16-35-30-24(20-12-9-8-10-13-20)25-29-31-32-33(25)6/h8-15,17-19,22H,7,16H2,1-6H3,(H,27,28,34)/b30-24-. The molecule has 2 heterocycles. The molecule has 3 aromatic rings. The van der Waals surface area contributed by atoms with Crippen LogP contribution in [0.2, 0.25) is 0 Å². The maximum Gasteiger partial charge on any atom is 0.228 e. The molecule has 10 nitrogen and oxygen atoms in total. The molecule has 1 N–H and O–H groups in total. The highest BCUT2D eigenvalue weighted by molar-refractivity contribution is 6.10. The Morgan fingerprint density at radius 2 is 1.83 bits per heavy atom. The summed E-state index contributed by atoms with van der Waals surface area (Å²) < 4.78 is 7.52. The minimum absolute atomic E-state index is 0.0132. The monoisotopic (exact) mass is 493 g/mol. The van der Waals surface area contributed by atoms with Crippen LogP contribution in [0.25, 0.3) is 0 Å². The third kappa shape index (κ3) is 7.17. The number of nitrogens with one attached hydrogen (secondary N) is 1. The van der Waals surface area contributed by atoms with Gasteiger partial charge in [0.2, 0.25) is 11.7 Å². The highest BCUT2D eigenvalue weighted by atomic mass is 16.6. The predicted molar refractivity (Wildman–Crippen MR) is 137 cm³/mol. The van der Waals surface area contributed by atoms with Gasteiger partial charge in [-0.3, -0.25) is 4.79 Å². The van der Waals surface area contributed by atoms with Crippen LogP contribution in [0, 0.1) is 11.8 Å². The van der Waals surface area contributed by atoms with E-state index in [9.17, 15) is 4.79 Å². The molecule has 3 atom stereocenters. The smallest absolute Gasteiger partial charge is 0.228 e. The molecule has 2 aromatic heterocycles. The van der Waals surface area contributed by atoms with Crippen LogP contribution in [0.5, 0.6) is 0 Å². The molecule has 0 bridgehead atoms. The Morgan fingerprint density at radius 1 is 1.08 bits per heavy atom. The number of oxime groups is 1. The minimum atomic E-state index is -0.242. The summed E-state index contributed by atoms with van der Waals surface area (Å²) in [4.78, 5) is 23.1.